The maximum absolute atomic E-state index is 12.1. The van der Waals surface area contributed by atoms with Gasteiger partial charge in [-0.2, -0.15) is 0 Å². The average molecular weight is 392 g/mol. The second-order valence-electron chi connectivity index (χ2n) is 10.2. The predicted octanol–water partition coefficient (Wildman–Crippen LogP) is 0.305. The van der Waals surface area contributed by atoms with Crippen molar-refractivity contribution in [2.45, 2.75) is 75.1 Å². The van der Waals surface area contributed by atoms with E-state index < -0.39 is 47.0 Å². The zero-order valence-electron chi connectivity index (χ0n) is 16.5. The van der Waals surface area contributed by atoms with Gasteiger partial charge in [0.15, 0.2) is 5.60 Å². The molecule has 2 saturated heterocycles. The summed E-state index contributed by atoms with van der Waals surface area (Å²) in [6.07, 6.45) is 0.433. The van der Waals surface area contributed by atoms with Crippen LogP contribution in [0.15, 0.2) is 11.1 Å². The van der Waals surface area contributed by atoms with Gasteiger partial charge in [-0.15, -0.1) is 0 Å². The van der Waals surface area contributed by atoms with E-state index in [4.69, 9.17) is 14.2 Å². The fourth-order valence-corrected chi connectivity index (χ4v) is 8.01. The van der Waals surface area contributed by atoms with Crippen LogP contribution in [0, 0.1) is 23.2 Å². The Labute approximate surface area is 163 Å². The lowest BCUT2D eigenvalue weighted by Gasteiger charge is -2.58. The zero-order chi connectivity index (χ0) is 19.9. The molecule has 6 aliphatic rings. The third-order valence-corrected chi connectivity index (χ3v) is 9.14. The van der Waals surface area contributed by atoms with Crippen LogP contribution in [0.2, 0.25) is 0 Å². The second kappa shape index (κ2) is 4.83. The van der Waals surface area contributed by atoms with Crippen molar-refractivity contribution in [3.8, 4) is 0 Å². The Bertz CT molecular complexity index is 822. The largest absolute Gasteiger partial charge is 0.458 e. The molecular weight excluding hydrogens is 364 g/mol. The topological polar surface area (TPSA) is 112 Å². The Morgan fingerprint density at radius 3 is 2.68 bits per heavy atom. The molecule has 0 aromatic carbocycles. The first kappa shape index (κ1) is 17.8. The number of cyclic esters (lactones) is 1. The second-order valence-corrected chi connectivity index (χ2v) is 10.2. The molecule has 7 heteroatoms. The summed E-state index contributed by atoms with van der Waals surface area (Å²) in [6.45, 7) is 5.88. The molecule has 7 nitrogen and oxygen atoms in total. The molecule has 28 heavy (non-hydrogen) atoms. The number of aliphatic hydroxyl groups is 3. The highest BCUT2D eigenvalue weighted by atomic mass is 16.7. The van der Waals surface area contributed by atoms with Crippen molar-refractivity contribution < 1.29 is 34.3 Å². The minimum Gasteiger partial charge on any atom is -0.458 e. The van der Waals surface area contributed by atoms with E-state index >= 15 is 0 Å². The molecule has 9 atom stereocenters. The number of rotatable bonds is 2. The summed E-state index contributed by atoms with van der Waals surface area (Å²) in [5.41, 5.74) is -1.98. The van der Waals surface area contributed by atoms with E-state index in [1.165, 1.54) is 0 Å². The van der Waals surface area contributed by atoms with Gasteiger partial charge in [0, 0.05) is 16.9 Å². The number of hydrogen-bond acceptors (Lipinski definition) is 7. The number of esters is 1. The third-order valence-electron chi connectivity index (χ3n) is 9.14. The van der Waals surface area contributed by atoms with Crippen molar-refractivity contribution in [1.29, 1.82) is 0 Å². The molecule has 0 aromatic rings. The van der Waals surface area contributed by atoms with E-state index in [-0.39, 0.29) is 23.9 Å². The fraction of sp³-hybridized carbons (Fsp3) is 0.857. The van der Waals surface area contributed by atoms with Crippen LogP contribution in [-0.4, -0.2) is 69.6 Å². The quantitative estimate of drug-likeness (QED) is 0.458. The molecule has 3 N–H and O–H groups in total. The van der Waals surface area contributed by atoms with Gasteiger partial charge in [-0.05, 0) is 36.7 Å². The number of hydrogen-bond donors (Lipinski definition) is 3. The summed E-state index contributed by atoms with van der Waals surface area (Å²) in [5, 5.41) is 33.3. The van der Waals surface area contributed by atoms with Crippen molar-refractivity contribution in [3.63, 3.8) is 0 Å². The van der Waals surface area contributed by atoms with E-state index in [0.717, 1.165) is 11.1 Å². The van der Waals surface area contributed by atoms with Crippen LogP contribution in [-0.2, 0) is 19.0 Å². The van der Waals surface area contributed by atoms with Gasteiger partial charge in [0.2, 0.25) is 0 Å². The Hall–Kier alpha value is -0.990. The molecule has 3 aliphatic heterocycles. The van der Waals surface area contributed by atoms with Gasteiger partial charge >= 0.3 is 5.97 Å². The van der Waals surface area contributed by atoms with Crippen molar-refractivity contribution in [2.24, 2.45) is 23.2 Å². The Morgan fingerprint density at radius 1 is 1.25 bits per heavy atom. The number of carbonyl (C=O) groups is 1. The predicted molar refractivity (Wildman–Crippen MR) is 95.0 cm³/mol. The molecule has 2 spiro atoms. The lowest BCUT2D eigenvalue weighted by atomic mass is 9.43. The van der Waals surface area contributed by atoms with E-state index in [0.29, 0.717) is 25.9 Å². The van der Waals surface area contributed by atoms with Gasteiger partial charge in [0.1, 0.15) is 23.9 Å². The van der Waals surface area contributed by atoms with Crippen LogP contribution in [0.5, 0.6) is 0 Å². The van der Waals surface area contributed by atoms with Gasteiger partial charge in [0.25, 0.3) is 0 Å². The molecule has 0 bridgehead atoms. The van der Waals surface area contributed by atoms with Gasteiger partial charge in [-0.25, -0.2) is 4.79 Å². The summed E-state index contributed by atoms with van der Waals surface area (Å²) in [5.74, 6) is -0.732. The highest BCUT2D eigenvalue weighted by Crippen LogP contribution is 2.81. The monoisotopic (exact) mass is 392 g/mol. The van der Waals surface area contributed by atoms with Crippen molar-refractivity contribution in [2.75, 3.05) is 13.2 Å². The molecule has 0 amide bonds. The van der Waals surface area contributed by atoms with E-state index in [1.54, 1.807) is 0 Å². The van der Waals surface area contributed by atoms with Crippen LogP contribution in [0.3, 0.4) is 0 Å². The molecule has 0 radical (unpaired) electrons. The first-order valence-corrected chi connectivity index (χ1v) is 10.5. The normalized spacial score (nSPS) is 58.4. The van der Waals surface area contributed by atoms with Gasteiger partial charge in [-0.3, -0.25) is 0 Å². The number of aliphatic hydroxyl groups excluding tert-OH is 2. The minimum atomic E-state index is -1.57. The lowest BCUT2D eigenvalue weighted by molar-refractivity contribution is -0.208. The maximum atomic E-state index is 12.1. The fourth-order valence-electron chi connectivity index (χ4n) is 8.01. The van der Waals surface area contributed by atoms with Crippen LogP contribution in [0.4, 0.5) is 0 Å². The van der Waals surface area contributed by atoms with Crippen LogP contribution >= 0.6 is 0 Å². The number of carbonyl (C=O) groups excluding carboxylic acids is 1. The molecule has 4 fully saturated rings. The van der Waals surface area contributed by atoms with Crippen molar-refractivity contribution in [3.05, 3.63) is 11.1 Å². The standard InChI is InChI=1S/C21H28O7/c1-9(2)14-15(23)16-21(28-16)18(3)5-4-10-11(7-26-17(10)24)12(18)6-13-20(21,27-13)19(14,25)8-22/h9,12-16,22-23,25H,4-8H2,1-3H3/t12-,13-,14+,15+,16-,18-,19-,20+,21+/m0/s1. The molecule has 3 heterocycles. The first-order valence-electron chi connectivity index (χ1n) is 10.5. The summed E-state index contributed by atoms with van der Waals surface area (Å²) < 4.78 is 18.0. The van der Waals surface area contributed by atoms with Crippen LogP contribution < -0.4 is 0 Å². The first-order chi connectivity index (χ1) is 13.2. The summed E-state index contributed by atoms with van der Waals surface area (Å²) in [7, 11) is 0. The van der Waals surface area contributed by atoms with Crippen molar-refractivity contribution >= 4 is 5.97 Å². The average Bonchev–Trinajstić information content (AvgIpc) is 3.52. The molecule has 6 rings (SSSR count). The molecular formula is C21H28O7. The van der Waals surface area contributed by atoms with E-state index in [9.17, 15) is 20.1 Å². The molecule has 2 saturated carbocycles. The van der Waals surface area contributed by atoms with E-state index in [1.807, 2.05) is 13.8 Å². The zero-order valence-corrected chi connectivity index (χ0v) is 16.5. The third kappa shape index (κ3) is 1.50. The van der Waals surface area contributed by atoms with Crippen LogP contribution in [0.1, 0.15) is 40.0 Å². The van der Waals surface area contributed by atoms with E-state index in [2.05, 4.69) is 6.92 Å². The Morgan fingerprint density at radius 2 is 2.00 bits per heavy atom. The number of fused-ring (bicyclic) bond motifs is 2. The number of ether oxygens (including phenoxy) is 3. The highest BCUT2D eigenvalue weighted by Gasteiger charge is 2.97. The SMILES string of the molecule is CC(C)[C@@H]1[C@@H](O)[C@@H]2O[C@]23[C@]2(O[C@H]2C[C@H]2C4=C(CC[C@@]23C)C(=O)OC4)[C@]1(O)CO. The van der Waals surface area contributed by atoms with Gasteiger partial charge < -0.3 is 29.5 Å². The number of epoxide rings is 2. The smallest absolute Gasteiger partial charge is 0.334 e. The lowest BCUT2D eigenvalue weighted by Crippen LogP contribution is -2.76. The Kier molecular flexibility index (Phi) is 3.08. The molecule has 3 aliphatic carbocycles. The van der Waals surface area contributed by atoms with Crippen molar-refractivity contribution in [1.82, 2.24) is 0 Å². The highest BCUT2D eigenvalue weighted by molar-refractivity contribution is 5.92. The minimum absolute atomic E-state index is 0.0411. The maximum Gasteiger partial charge on any atom is 0.334 e. The van der Waals surface area contributed by atoms with Crippen LogP contribution in [0.25, 0.3) is 0 Å². The molecule has 0 aromatic heterocycles. The summed E-state index contributed by atoms with van der Waals surface area (Å²) >= 11 is 0. The van der Waals surface area contributed by atoms with Gasteiger partial charge in [0.05, 0.1) is 18.8 Å². The summed E-state index contributed by atoms with van der Waals surface area (Å²) in [6, 6.07) is 0. The van der Waals surface area contributed by atoms with Gasteiger partial charge in [-0.1, -0.05) is 20.8 Å². The molecule has 0 unspecified atom stereocenters. The Balaban J connectivity index is 1.52. The summed E-state index contributed by atoms with van der Waals surface area (Å²) in [4.78, 5) is 12.1. The molecule has 154 valence electrons.